The zero-order valence-electron chi connectivity index (χ0n) is 14.0. The predicted molar refractivity (Wildman–Crippen MR) is 98.3 cm³/mol. The van der Waals surface area contributed by atoms with Crippen LogP contribution < -0.4 is 5.32 Å². The minimum atomic E-state index is 0.154. The number of carbonyl (C=O) groups excluding carboxylic acids is 1. The summed E-state index contributed by atoms with van der Waals surface area (Å²) in [6.45, 7) is 4.68. The van der Waals surface area contributed by atoms with Gasteiger partial charge in [-0.2, -0.15) is 0 Å². The molecule has 1 amide bonds. The molecule has 126 valence electrons. The number of nitrogens with one attached hydrogen (secondary N) is 1. The Morgan fingerprint density at radius 2 is 1.71 bits per heavy atom. The van der Waals surface area contributed by atoms with E-state index in [0.717, 1.165) is 43.1 Å². The lowest BCUT2D eigenvalue weighted by Gasteiger charge is -2.16. The molecule has 0 bridgehead atoms. The molecule has 1 atom stereocenters. The van der Waals surface area contributed by atoms with Crippen LogP contribution in [0.4, 0.5) is 0 Å². The van der Waals surface area contributed by atoms with Crippen LogP contribution in [0.1, 0.15) is 47.3 Å². The van der Waals surface area contributed by atoms with Crippen LogP contribution in [-0.2, 0) is 6.54 Å². The number of benzene rings is 2. The van der Waals surface area contributed by atoms with Crippen molar-refractivity contribution in [2.75, 3.05) is 13.1 Å². The fourth-order valence-corrected chi connectivity index (χ4v) is 3.13. The van der Waals surface area contributed by atoms with Crippen LogP contribution in [0.5, 0.6) is 0 Å². The van der Waals surface area contributed by atoms with Crippen molar-refractivity contribution in [3.8, 4) is 0 Å². The van der Waals surface area contributed by atoms with Gasteiger partial charge in [-0.1, -0.05) is 35.9 Å². The summed E-state index contributed by atoms with van der Waals surface area (Å²) in [5.74, 6) is 0.154. The van der Waals surface area contributed by atoms with Gasteiger partial charge in [0.2, 0.25) is 0 Å². The van der Waals surface area contributed by atoms with Crippen molar-refractivity contribution >= 4 is 17.5 Å². The lowest BCUT2D eigenvalue weighted by Crippen LogP contribution is -2.27. The lowest BCUT2D eigenvalue weighted by molar-refractivity contribution is 0.0793. The van der Waals surface area contributed by atoms with Gasteiger partial charge in [0.25, 0.3) is 5.91 Å². The summed E-state index contributed by atoms with van der Waals surface area (Å²) in [6.07, 6.45) is 2.24. The largest absolute Gasteiger partial charge is 0.339 e. The van der Waals surface area contributed by atoms with Crippen LogP contribution >= 0.6 is 11.6 Å². The number of halogens is 1. The minimum Gasteiger partial charge on any atom is -0.339 e. The van der Waals surface area contributed by atoms with Crippen LogP contribution in [0.15, 0.2) is 48.5 Å². The van der Waals surface area contributed by atoms with Crippen molar-refractivity contribution in [3.05, 3.63) is 70.2 Å². The van der Waals surface area contributed by atoms with E-state index < -0.39 is 0 Å². The molecule has 0 radical (unpaired) electrons. The van der Waals surface area contributed by atoms with E-state index in [9.17, 15) is 4.79 Å². The van der Waals surface area contributed by atoms with Gasteiger partial charge in [0, 0.05) is 36.3 Å². The quantitative estimate of drug-likeness (QED) is 0.872. The molecule has 0 saturated carbocycles. The molecular weight excluding hydrogens is 320 g/mol. The van der Waals surface area contributed by atoms with Gasteiger partial charge in [-0.15, -0.1) is 0 Å². The number of carbonyl (C=O) groups is 1. The van der Waals surface area contributed by atoms with Gasteiger partial charge in [0.05, 0.1) is 0 Å². The van der Waals surface area contributed by atoms with E-state index >= 15 is 0 Å². The third-order valence-electron chi connectivity index (χ3n) is 4.58. The maximum absolute atomic E-state index is 12.3. The fraction of sp³-hybridized carbons (Fsp3) is 0.350. The second-order valence-electron chi connectivity index (χ2n) is 6.35. The molecule has 0 aromatic heterocycles. The van der Waals surface area contributed by atoms with Gasteiger partial charge < -0.3 is 10.2 Å². The van der Waals surface area contributed by atoms with Crippen molar-refractivity contribution < 1.29 is 4.79 Å². The van der Waals surface area contributed by atoms with Crippen LogP contribution in [-0.4, -0.2) is 23.9 Å². The molecule has 3 nitrogen and oxygen atoms in total. The zero-order chi connectivity index (χ0) is 16.9. The van der Waals surface area contributed by atoms with Crippen molar-refractivity contribution in [1.82, 2.24) is 10.2 Å². The first kappa shape index (κ1) is 17.0. The highest BCUT2D eigenvalue weighted by molar-refractivity contribution is 6.30. The van der Waals surface area contributed by atoms with E-state index in [4.69, 9.17) is 11.6 Å². The average molecular weight is 343 g/mol. The smallest absolute Gasteiger partial charge is 0.253 e. The van der Waals surface area contributed by atoms with E-state index in [0.29, 0.717) is 0 Å². The molecule has 1 unspecified atom stereocenters. The predicted octanol–water partition coefficient (Wildman–Crippen LogP) is 4.43. The first-order valence-electron chi connectivity index (χ1n) is 8.50. The number of rotatable bonds is 5. The van der Waals surface area contributed by atoms with Gasteiger partial charge in [0.15, 0.2) is 0 Å². The zero-order valence-corrected chi connectivity index (χ0v) is 14.7. The Labute approximate surface area is 148 Å². The van der Waals surface area contributed by atoms with Gasteiger partial charge in [-0.05, 0) is 55.2 Å². The molecule has 0 aliphatic carbocycles. The molecule has 1 heterocycles. The van der Waals surface area contributed by atoms with Crippen molar-refractivity contribution in [3.63, 3.8) is 0 Å². The van der Waals surface area contributed by atoms with Crippen LogP contribution in [0.2, 0.25) is 5.02 Å². The molecular formula is C20H23ClN2O. The topological polar surface area (TPSA) is 32.3 Å². The van der Waals surface area contributed by atoms with Crippen LogP contribution in [0.25, 0.3) is 0 Å². The fourth-order valence-electron chi connectivity index (χ4n) is 3.01. The molecule has 24 heavy (non-hydrogen) atoms. The molecule has 1 fully saturated rings. The maximum Gasteiger partial charge on any atom is 0.253 e. The molecule has 1 aliphatic heterocycles. The second-order valence-corrected chi connectivity index (χ2v) is 6.79. The minimum absolute atomic E-state index is 0.154. The summed E-state index contributed by atoms with van der Waals surface area (Å²) in [5.41, 5.74) is 3.17. The summed E-state index contributed by atoms with van der Waals surface area (Å²) < 4.78 is 0. The molecule has 3 rings (SSSR count). The Hall–Kier alpha value is -1.84. The molecule has 0 spiro atoms. The van der Waals surface area contributed by atoms with Crippen molar-refractivity contribution in [1.29, 1.82) is 0 Å². The summed E-state index contributed by atoms with van der Waals surface area (Å²) in [5, 5.41) is 4.25. The number of amides is 1. The number of likely N-dealkylation sites (tertiary alicyclic amines) is 1. The molecule has 1 saturated heterocycles. The third-order valence-corrected chi connectivity index (χ3v) is 4.83. The van der Waals surface area contributed by atoms with Crippen molar-refractivity contribution in [2.45, 2.75) is 32.4 Å². The molecule has 4 heteroatoms. The molecule has 1 N–H and O–H groups in total. The Morgan fingerprint density at radius 3 is 2.33 bits per heavy atom. The average Bonchev–Trinajstić information content (AvgIpc) is 3.15. The summed E-state index contributed by atoms with van der Waals surface area (Å²) in [4.78, 5) is 14.3. The van der Waals surface area contributed by atoms with Crippen LogP contribution in [0.3, 0.4) is 0 Å². The van der Waals surface area contributed by atoms with Crippen molar-refractivity contribution in [2.24, 2.45) is 0 Å². The Kier molecular flexibility index (Phi) is 5.54. The summed E-state index contributed by atoms with van der Waals surface area (Å²) in [7, 11) is 0. The second kappa shape index (κ2) is 7.82. The van der Waals surface area contributed by atoms with Gasteiger partial charge in [0.1, 0.15) is 0 Å². The first-order valence-corrected chi connectivity index (χ1v) is 8.88. The maximum atomic E-state index is 12.3. The highest BCUT2D eigenvalue weighted by atomic mass is 35.5. The third kappa shape index (κ3) is 4.16. The van der Waals surface area contributed by atoms with Crippen LogP contribution in [0, 0.1) is 0 Å². The number of hydrogen-bond acceptors (Lipinski definition) is 2. The van der Waals surface area contributed by atoms with Gasteiger partial charge in [-0.3, -0.25) is 4.79 Å². The Balaban J connectivity index is 1.56. The Bertz CT molecular complexity index is 676. The first-order chi connectivity index (χ1) is 11.6. The number of hydrogen-bond donors (Lipinski definition) is 1. The summed E-state index contributed by atoms with van der Waals surface area (Å²) >= 11 is 5.93. The van der Waals surface area contributed by atoms with Gasteiger partial charge >= 0.3 is 0 Å². The highest BCUT2D eigenvalue weighted by Crippen LogP contribution is 2.17. The standard InChI is InChI=1S/C20H23ClN2O/c1-15(17-8-10-19(21)11-9-17)22-14-16-4-6-18(7-5-16)20(24)23-12-2-3-13-23/h4-11,15,22H,2-3,12-14H2,1H3. The van der Waals surface area contributed by atoms with E-state index in [1.165, 1.54) is 11.1 Å². The van der Waals surface area contributed by atoms with E-state index in [2.05, 4.69) is 12.2 Å². The van der Waals surface area contributed by atoms with E-state index in [-0.39, 0.29) is 11.9 Å². The monoisotopic (exact) mass is 342 g/mol. The SMILES string of the molecule is CC(NCc1ccc(C(=O)N2CCCC2)cc1)c1ccc(Cl)cc1. The highest BCUT2D eigenvalue weighted by Gasteiger charge is 2.19. The normalized spacial score (nSPS) is 15.5. The molecule has 1 aliphatic rings. The molecule has 2 aromatic rings. The molecule has 2 aromatic carbocycles. The number of nitrogens with zero attached hydrogens (tertiary/aromatic N) is 1. The summed E-state index contributed by atoms with van der Waals surface area (Å²) in [6, 6.07) is 16.1. The van der Waals surface area contributed by atoms with Gasteiger partial charge in [-0.25, -0.2) is 0 Å². The Morgan fingerprint density at radius 1 is 1.08 bits per heavy atom. The van der Waals surface area contributed by atoms with E-state index in [1.54, 1.807) is 0 Å². The van der Waals surface area contributed by atoms with E-state index in [1.807, 2.05) is 53.4 Å². The lowest BCUT2D eigenvalue weighted by atomic mass is 10.1.